The maximum atomic E-state index is 12.8. The molecule has 126 valence electrons. The predicted octanol–water partition coefficient (Wildman–Crippen LogP) is 4.79. The number of nitrogens with zero attached hydrogens (tertiary/aromatic N) is 2. The molecule has 4 nitrogen and oxygen atoms in total. The molecule has 0 radical (unpaired) electrons. The molecule has 0 unspecified atom stereocenters. The van der Waals surface area contributed by atoms with Crippen LogP contribution in [0, 0.1) is 0 Å². The number of carbonyl (C=O) groups excluding carboxylic acids is 1. The normalized spacial score (nSPS) is 15.2. The number of esters is 1. The first kappa shape index (κ1) is 15.8. The Hall–Kier alpha value is -2.75. The SMILES string of the molecule is O=C(OC1CCCCC1)c1nc2ccccc2nc1-c1ccccc1. The van der Waals surface area contributed by atoms with Crippen LogP contribution in [-0.4, -0.2) is 22.0 Å². The lowest BCUT2D eigenvalue weighted by molar-refractivity contribution is 0.0205. The maximum absolute atomic E-state index is 12.8. The lowest BCUT2D eigenvalue weighted by Gasteiger charge is -2.22. The fourth-order valence-electron chi connectivity index (χ4n) is 3.33. The van der Waals surface area contributed by atoms with Crippen molar-refractivity contribution >= 4 is 17.0 Å². The van der Waals surface area contributed by atoms with Crippen molar-refractivity contribution < 1.29 is 9.53 Å². The van der Waals surface area contributed by atoms with Gasteiger partial charge in [-0.15, -0.1) is 0 Å². The summed E-state index contributed by atoms with van der Waals surface area (Å²) in [6, 6.07) is 17.3. The van der Waals surface area contributed by atoms with E-state index in [1.807, 2.05) is 54.6 Å². The molecule has 0 saturated heterocycles. The summed E-state index contributed by atoms with van der Waals surface area (Å²) >= 11 is 0. The van der Waals surface area contributed by atoms with Crippen LogP contribution in [0.15, 0.2) is 54.6 Å². The minimum absolute atomic E-state index is 0.00172. The van der Waals surface area contributed by atoms with E-state index in [-0.39, 0.29) is 12.1 Å². The molecule has 0 aliphatic heterocycles. The summed E-state index contributed by atoms with van der Waals surface area (Å²) in [5, 5.41) is 0. The van der Waals surface area contributed by atoms with Crippen molar-refractivity contribution in [2.24, 2.45) is 0 Å². The van der Waals surface area contributed by atoms with Gasteiger partial charge in [0.25, 0.3) is 0 Å². The number of ether oxygens (including phenoxy) is 1. The van der Waals surface area contributed by atoms with E-state index in [0.717, 1.165) is 36.8 Å². The second kappa shape index (κ2) is 7.01. The molecule has 1 aliphatic rings. The summed E-state index contributed by atoms with van der Waals surface area (Å²) in [5.41, 5.74) is 3.24. The van der Waals surface area contributed by atoms with E-state index < -0.39 is 0 Å². The summed E-state index contributed by atoms with van der Waals surface area (Å²) in [4.78, 5) is 22.1. The quantitative estimate of drug-likeness (QED) is 0.647. The van der Waals surface area contributed by atoms with E-state index in [2.05, 4.69) is 4.98 Å². The van der Waals surface area contributed by atoms with Gasteiger partial charge in [-0.1, -0.05) is 48.9 Å². The molecule has 0 N–H and O–H groups in total. The molecule has 1 fully saturated rings. The van der Waals surface area contributed by atoms with Crippen LogP contribution in [-0.2, 0) is 4.74 Å². The summed E-state index contributed by atoms with van der Waals surface area (Å²) in [7, 11) is 0. The molecule has 3 aromatic rings. The van der Waals surface area contributed by atoms with Crippen molar-refractivity contribution in [3.63, 3.8) is 0 Å². The average Bonchev–Trinajstić information content (AvgIpc) is 2.68. The van der Waals surface area contributed by atoms with E-state index in [1.54, 1.807) is 0 Å². The van der Waals surface area contributed by atoms with Crippen molar-refractivity contribution in [2.75, 3.05) is 0 Å². The minimum Gasteiger partial charge on any atom is -0.458 e. The Balaban J connectivity index is 1.76. The number of hydrogen-bond acceptors (Lipinski definition) is 4. The Morgan fingerprint density at radius 2 is 1.48 bits per heavy atom. The molecular formula is C21H20N2O2. The number of carbonyl (C=O) groups is 1. The number of aromatic nitrogens is 2. The van der Waals surface area contributed by atoms with Gasteiger partial charge in [-0.2, -0.15) is 0 Å². The first-order valence-electron chi connectivity index (χ1n) is 8.84. The number of hydrogen-bond donors (Lipinski definition) is 0. The molecule has 1 saturated carbocycles. The van der Waals surface area contributed by atoms with Crippen LogP contribution in [0.5, 0.6) is 0 Å². The molecule has 0 atom stereocenters. The highest BCUT2D eigenvalue weighted by atomic mass is 16.5. The van der Waals surface area contributed by atoms with Crippen LogP contribution in [0.1, 0.15) is 42.6 Å². The van der Waals surface area contributed by atoms with Gasteiger partial charge >= 0.3 is 5.97 Å². The monoisotopic (exact) mass is 332 g/mol. The van der Waals surface area contributed by atoms with Gasteiger partial charge in [0.2, 0.25) is 0 Å². The van der Waals surface area contributed by atoms with Crippen molar-refractivity contribution in [1.82, 2.24) is 9.97 Å². The van der Waals surface area contributed by atoms with Crippen LogP contribution < -0.4 is 0 Å². The number of benzene rings is 2. The second-order valence-electron chi connectivity index (χ2n) is 6.44. The van der Waals surface area contributed by atoms with Crippen molar-refractivity contribution in [2.45, 2.75) is 38.2 Å². The van der Waals surface area contributed by atoms with E-state index in [0.29, 0.717) is 16.9 Å². The van der Waals surface area contributed by atoms with Crippen LogP contribution >= 0.6 is 0 Å². The van der Waals surface area contributed by atoms with E-state index in [1.165, 1.54) is 6.42 Å². The van der Waals surface area contributed by atoms with Gasteiger partial charge in [0.15, 0.2) is 5.69 Å². The average molecular weight is 332 g/mol. The minimum atomic E-state index is -0.371. The maximum Gasteiger partial charge on any atom is 0.359 e. The molecule has 0 spiro atoms. The lowest BCUT2D eigenvalue weighted by Crippen LogP contribution is -2.22. The van der Waals surface area contributed by atoms with E-state index >= 15 is 0 Å². The molecule has 1 aliphatic carbocycles. The lowest BCUT2D eigenvalue weighted by atomic mass is 9.98. The summed E-state index contributed by atoms with van der Waals surface area (Å²) in [6.45, 7) is 0. The molecule has 0 bridgehead atoms. The van der Waals surface area contributed by atoms with Gasteiger partial charge in [-0.05, 0) is 37.8 Å². The van der Waals surface area contributed by atoms with Gasteiger partial charge in [-0.25, -0.2) is 14.8 Å². The van der Waals surface area contributed by atoms with Gasteiger partial charge in [0.1, 0.15) is 11.8 Å². The van der Waals surface area contributed by atoms with E-state index in [4.69, 9.17) is 9.72 Å². The first-order chi connectivity index (χ1) is 12.3. The van der Waals surface area contributed by atoms with Crippen LogP contribution in [0.25, 0.3) is 22.3 Å². The molecule has 25 heavy (non-hydrogen) atoms. The molecule has 1 aromatic heterocycles. The third kappa shape index (κ3) is 3.38. The predicted molar refractivity (Wildman–Crippen MR) is 97.3 cm³/mol. The zero-order chi connectivity index (χ0) is 17.1. The summed E-state index contributed by atoms with van der Waals surface area (Å²) in [5.74, 6) is -0.371. The largest absolute Gasteiger partial charge is 0.458 e. The van der Waals surface area contributed by atoms with Crippen molar-refractivity contribution in [1.29, 1.82) is 0 Å². The number of rotatable bonds is 3. The molecule has 4 rings (SSSR count). The number of fused-ring (bicyclic) bond motifs is 1. The van der Waals surface area contributed by atoms with Gasteiger partial charge < -0.3 is 4.74 Å². The van der Waals surface area contributed by atoms with Gasteiger partial charge in [-0.3, -0.25) is 0 Å². The topological polar surface area (TPSA) is 52.1 Å². The zero-order valence-corrected chi connectivity index (χ0v) is 14.0. The third-order valence-corrected chi connectivity index (χ3v) is 4.64. The Bertz CT molecular complexity index is 887. The molecular weight excluding hydrogens is 312 g/mol. The highest BCUT2D eigenvalue weighted by molar-refractivity contribution is 5.96. The van der Waals surface area contributed by atoms with Gasteiger partial charge in [0.05, 0.1) is 11.0 Å². The first-order valence-corrected chi connectivity index (χ1v) is 8.84. The standard InChI is InChI=1S/C21H20N2O2/c24-21(25-16-11-5-2-6-12-16)20-19(15-9-3-1-4-10-15)22-17-13-7-8-14-18(17)23-20/h1,3-4,7-10,13-14,16H,2,5-6,11-12H2. The highest BCUT2D eigenvalue weighted by Gasteiger charge is 2.23. The fourth-order valence-corrected chi connectivity index (χ4v) is 3.33. The fraction of sp³-hybridized carbons (Fsp3) is 0.286. The third-order valence-electron chi connectivity index (χ3n) is 4.64. The van der Waals surface area contributed by atoms with E-state index in [9.17, 15) is 4.79 Å². The zero-order valence-electron chi connectivity index (χ0n) is 14.0. The number of para-hydroxylation sites is 2. The smallest absolute Gasteiger partial charge is 0.359 e. The summed E-state index contributed by atoms with van der Waals surface area (Å²) < 4.78 is 5.75. The Morgan fingerprint density at radius 3 is 2.20 bits per heavy atom. The highest BCUT2D eigenvalue weighted by Crippen LogP contribution is 2.26. The van der Waals surface area contributed by atoms with Crippen molar-refractivity contribution in [3.8, 4) is 11.3 Å². The van der Waals surface area contributed by atoms with Gasteiger partial charge in [0, 0.05) is 5.56 Å². The Labute approximate surface area is 146 Å². The molecule has 4 heteroatoms. The van der Waals surface area contributed by atoms with Crippen molar-refractivity contribution in [3.05, 3.63) is 60.3 Å². The Kier molecular flexibility index (Phi) is 4.42. The second-order valence-corrected chi connectivity index (χ2v) is 6.44. The molecule has 2 aromatic carbocycles. The molecule has 0 amide bonds. The van der Waals surface area contributed by atoms with Crippen LogP contribution in [0.4, 0.5) is 0 Å². The molecule has 1 heterocycles. The van der Waals surface area contributed by atoms with Crippen LogP contribution in [0.3, 0.4) is 0 Å². The summed E-state index contributed by atoms with van der Waals surface area (Å²) in [6.07, 6.45) is 5.33. The van der Waals surface area contributed by atoms with Crippen LogP contribution in [0.2, 0.25) is 0 Å². The Morgan fingerprint density at radius 1 is 0.840 bits per heavy atom.